The molecule has 0 unspecified atom stereocenters. The van der Waals surface area contributed by atoms with Crippen LogP contribution >= 0.6 is 22.7 Å². The third kappa shape index (κ3) is 6.24. The lowest BCUT2D eigenvalue weighted by Crippen LogP contribution is -2.28. The van der Waals surface area contributed by atoms with Gasteiger partial charge in [-0.3, -0.25) is 24.0 Å². The average Bonchev–Trinajstić information content (AvgIpc) is 3.47. The molecule has 0 spiro atoms. The van der Waals surface area contributed by atoms with Crippen LogP contribution in [0.1, 0.15) is 56.2 Å². The number of hydrogen-bond acceptors (Lipinski definition) is 8. The maximum absolute atomic E-state index is 12.1. The quantitative estimate of drug-likeness (QED) is 0.334. The Bertz CT molecular complexity index is 1030. The molecule has 0 saturated carbocycles. The van der Waals surface area contributed by atoms with Crippen LogP contribution in [0.3, 0.4) is 0 Å². The molecule has 2 aromatic heterocycles. The second-order valence-electron chi connectivity index (χ2n) is 7.14. The highest BCUT2D eigenvalue weighted by atomic mass is 32.1. The molecule has 32 heavy (non-hydrogen) atoms. The molecule has 0 fully saturated rings. The summed E-state index contributed by atoms with van der Waals surface area (Å²) >= 11 is 2.64. The van der Waals surface area contributed by atoms with Crippen molar-refractivity contribution in [2.75, 3.05) is 18.5 Å². The number of anilines is 1. The van der Waals surface area contributed by atoms with Crippen molar-refractivity contribution in [3.8, 4) is 0 Å². The number of thiophene rings is 2. The molecule has 9 nitrogen and oxygen atoms in total. The first-order valence-electron chi connectivity index (χ1n) is 10.1. The zero-order valence-corrected chi connectivity index (χ0v) is 18.9. The summed E-state index contributed by atoms with van der Waals surface area (Å²) in [6.45, 7) is -0.473. The van der Waals surface area contributed by atoms with Gasteiger partial charge in [0.2, 0.25) is 5.91 Å². The van der Waals surface area contributed by atoms with Crippen molar-refractivity contribution in [2.45, 2.75) is 38.5 Å². The minimum absolute atomic E-state index is 0.0289. The number of hydrogen-bond donors (Lipinski definition) is 3. The van der Waals surface area contributed by atoms with E-state index in [0.717, 1.165) is 29.7 Å². The summed E-state index contributed by atoms with van der Waals surface area (Å²) < 4.78 is 4.92. The monoisotopic (exact) mass is 477 g/mol. The Labute approximate surface area is 192 Å². The van der Waals surface area contributed by atoms with Crippen LogP contribution < -0.4 is 16.4 Å². The number of nitrogens with one attached hydrogen (secondary N) is 2. The van der Waals surface area contributed by atoms with E-state index < -0.39 is 24.4 Å². The van der Waals surface area contributed by atoms with Gasteiger partial charge in [-0.25, -0.2) is 0 Å². The molecule has 3 rings (SSSR count). The largest absolute Gasteiger partial charge is 0.456 e. The smallest absolute Gasteiger partial charge is 0.308 e. The first-order valence-corrected chi connectivity index (χ1v) is 11.8. The van der Waals surface area contributed by atoms with Crippen molar-refractivity contribution in [2.24, 2.45) is 5.73 Å². The van der Waals surface area contributed by atoms with E-state index in [1.807, 2.05) is 0 Å². The standard InChI is InChI=1S/C21H23N3O6S2/c22-20(29)19-12-3-1-4-14(12)32-21(19)24-17(27)11-30-18(28)8-9-23-16(26)7-6-13(25)15-5-2-10-31-15/h2,5,10H,1,3-4,6-9,11H2,(H2,22,29)(H,23,26)(H,24,27). The fourth-order valence-corrected chi connectivity index (χ4v) is 5.32. The first-order chi connectivity index (χ1) is 15.3. The number of ether oxygens (including phenoxy) is 1. The number of carbonyl (C=O) groups excluding carboxylic acids is 5. The topological polar surface area (TPSA) is 145 Å². The van der Waals surface area contributed by atoms with Crippen LogP contribution in [0.15, 0.2) is 17.5 Å². The average molecular weight is 478 g/mol. The van der Waals surface area contributed by atoms with Crippen molar-refractivity contribution in [1.29, 1.82) is 0 Å². The van der Waals surface area contributed by atoms with E-state index in [4.69, 9.17) is 10.5 Å². The highest BCUT2D eigenvalue weighted by Crippen LogP contribution is 2.38. The molecule has 0 radical (unpaired) electrons. The van der Waals surface area contributed by atoms with Crippen LogP contribution in [0.4, 0.5) is 5.00 Å². The van der Waals surface area contributed by atoms with E-state index in [9.17, 15) is 24.0 Å². The van der Waals surface area contributed by atoms with Crippen LogP contribution in [0, 0.1) is 0 Å². The zero-order valence-electron chi connectivity index (χ0n) is 17.2. The number of fused-ring (bicyclic) bond motifs is 1. The van der Waals surface area contributed by atoms with Gasteiger partial charge in [0.25, 0.3) is 11.8 Å². The van der Waals surface area contributed by atoms with Crippen LogP contribution in [0.25, 0.3) is 0 Å². The summed E-state index contributed by atoms with van der Waals surface area (Å²) in [7, 11) is 0. The number of rotatable bonds is 11. The number of carbonyl (C=O) groups is 5. The second kappa shape index (κ2) is 11.0. The van der Waals surface area contributed by atoms with Crippen LogP contribution in [-0.4, -0.2) is 42.6 Å². The van der Waals surface area contributed by atoms with E-state index >= 15 is 0 Å². The Hall–Kier alpha value is -3.05. The summed E-state index contributed by atoms with van der Waals surface area (Å²) in [6, 6.07) is 3.48. The van der Waals surface area contributed by atoms with Crippen molar-refractivity contribution in [3.05, 3.63) is 38.4 Å². The van der Waals surface area contributed by atoms with Gasteiger partial charge in [0.05, 0.1) is 16.9 Å². The van der Waals surface area contributed by atoms with Crippen molar-refractivity contribution in [3.63, 3.8) is 0 Å². The molecule has 2 aromatic rings. The van der Waals surface area contributed by atoms with Crippen molar-refractivity contribution in [1.82, 2.24) is 5.32 Å². The lowest BCUT2D eigenvalue weighted by molar-refractivity contribution is -0.147. The molecule has 0 bridgehead atoms. The Morgan fingerprint density at radius 1 is 1.06 bits per heavy atom. The molecule has 1 aliphatic carbocycles. The third-order valence-electron chi connectivity index (χ3n) is 4.81. The van der Waals surface area contributed by atoms with E-state index in [0.29, 0.717) is 15.4 Å². The SMILES string of the molecule is NC(=O)c1c(NC(=O)COC(=O)CCNC(=O)CCC(=O)c2cccs2)sc2c1CCC2. The Balaban J connectivity index is 1.34. The minimum Gasteiger partial charge on any atom is -0.456 e. The van der Waals surface area contributed by atoms with E-state index in [2.05, 4.69) is 10.6 Å². The normalized spacial score (nSPS) is 12.1. The number of primary amides is 1. The number of Topliss-reactive ketones (excluding diaryl/α,β-unsaturated/α-hetero) is 1. The molecule has 0 atom stereocenters. The Morgan fingerprint density at radius 3 is 2.59 bits per heavy atom. The minimum atomic E-state index is -0.654. The maximum Gasteiger partial charge on any atom is 0.308 e. The summed E-state index contributed by atoms with van der Waals surface area (Å²) in [5.41, 5.74) is 6.68. The van der Waals surface area contributed by atoms with Crippen LogP contribution in [0.2, 0.25) is 0 Å². The van der Waals surface area contributed by atoms with Crippen LogP contribution in [-0.2, 0) is 32.0 Å². The summed E-state index contributed by atoms with van der Waals surface area (Å²) in [5.74, 6) is -2.26. The van der Waals surface area contributed by atoms with Gasteiger partial charge in [-0.05, 0) is 36.3 Å². The second-order valence-corrected chi connectivity index (χ2v) is 9.19. The van der Waals surface area contributed by atoms with E-state index in [1.165, 1.54) is 22.7 Å². The molecule has 0 saturated heterocycles. The van der Waals surface area contributed by atoms with Gasteiger partial charge < -0.3 is 21.1 Å². The van der Waals surface area contributed by atoms with Gasteiger partial charge in [0.15, 0.2) is 12.4 Å². The number of ketones is 1. The van der Waals surface area contributed by atoms with Gasteiger partial charge >= 0.3 is 5.97 Å². The maximum atomic E-state index is 12.1. The lowest BCUT2D eigenvalue weighted by atomic mass is 10.1. The number of aryl methyl sites for hydroxylation is 1. The van der Waals surface area contributed by atoms with Gasteiger partial charge in [-0.1, -0.05) is 6.07 Å². The molecule has 0 aliphatic heterocycles. The van der Waals surface area contributed by atoms with Crippen LogP contribution in [0.5, 0.6) is 0 Å². The van der Waals surface area contributed by atoms with Gasteiger partial charge in [0.1, 0.15) is 5.00 Å². The van der Waals surface area contributed by atoms with Gasteiger partial charge in [-0.15, -0.1) is 22.7 Å². The lowest BCUT2D eigenvalue weighted by Gasteiger charge is -2.08. The summed E-state index contributed by atoms with van der Waals surface area (Å²) in [4.78, 5) is 61.0. The molecular formula is C21H23N3O6S2. The molecule has 3 amide bonds. The van der Waals surface area contributed by atoms with Crippen molar-refractivity contribution < 1.29 is 28.7 Å². The molecule has 1 aliphatic rings. The zero-order chi connectivity index (χ0) is 23.1. The Morgan fingerprint density at radius 2 is 1.88 bits per heavy atom. The molecule has 0 aromatic carbocycles. The van der Waals surface area contributed by atoms with Gasteiger partial charge in [-0.2, -0.15) is 0 Å². The molecule has 4 N–H and O–H groups in total. The molecular weight excluding hydrogens is 454 g/mol. The predicted molar refractivity (Wildman–Crippen MR) is 120 cm³/mol. The third-order valence-corrected chi connectivity index (χ3v) is 6.93. The fourth-order valence-electron chi connectivity index (χ4n) is 3.31. The highest BCUT2D eigenvalue weighted by Gasteiger charge is 2.26. The summed E-state index contributed by atoms with van der Waals surface area (Å²) in [5, 5.41) is 7.31. The van der Waals surface area contributed by atoms with Gasteiger partial charge in [0, 0.05) is 24.3 Å². The summed E-state index contributed by atoms with van der Waals surface area (Å²) in [6.07, 6.45) is 2.56. The van der Waals surface area contributed by atoms with E-state index in [1.54, 1.807) is 17.5 Å². The van der Waals surface area contributed by atoms with E-state index in [-0.39, 0.29) is 37.5 Å². The predicted octanol–water partition coefficient (Wildman–Crippen LogP) is 2.05. The number of nitrogens with two attached hydrogens (primary N) is 1. The fraction of sp³-hybridized carbons (Fsp3) is 0.381. The molecule has 170 valence electrons. The van der Waals surface area contributed by atoms with Crippen molar-refractivity contribution >= 4 is 57.1 Å². The first kappa shape index (κ1) is 23.6. The molecule has 11 heteroatoms. The number of amides is 3. The highest BCUT2D eigenvalue weighted by molar-refractivity contribution is 7.17. The molecule has 2 heterocycles. The Kier molecular flexibility index (Phi) is 8.12. The number of esters is 1.